The number of carbonyl (C=O) groups is 1. The highest BCUT2D eigenvalue weighted by Crippen LogP contribution is 2.38. The molecule has 26 heavy (non-hydrogen) atoms. The minimum atomic E-state index is -0.865. The highest BCUT2D eigenvalue weighted by atomic mass is 32.1. The van der Waals surface area contributed by atoms with Crippen molar-refractivity contribution in [3.63, 3.8) is 0 Å². The van der Waals surface area contributed by atoms with E-state index >= 15 is 0 Å². The quantitative estimate of drug-likeness (QED) is 0.749. The van der Waals surface area contributed by atoms with Gasteiger partial charge in [0.05, 0.1) is 12.1 Å². The fourth-order valence-corrected chi connectivity index (χ4v) is 3.92. The summed E-state index contributed by atoms with van der Waals surface area (Å²) in [7, 11) is 0. The average molecular weight is 367 g/mol. The average Bonchev–Trinajstić information content (AvgIpc) is 3.05. The number of aryl methyl sites for hydroxylation is 1. The van der Waals surface area contributed by atoms with Gasteiger partial charge >= 0.3 is 5.97 Å². The molecule has 0 fully saturated rings. The fourth-order valence-electron chi connectivity index (χ4n) is 2.85. The number of carboxylic acid groups (broad SMARTS) is 1. The molecule has 0 spiro atoms. The van der Waals surface area contributed by atoms with Gasteiger partial charge in [-0.2, -0.15) is 0 Å². The fraction of sp³-hybridized carbons (Fsp3) is 0.200. The van der Waals surface area contributed by atoms with Gasteiger partial charge in [-0.1, -0.05) is 29.8 Å². The molecule has 0 bridgehead atoms. The van der Waals surface area contributed by atoms with Crippen LogP contribution < -0.4 is 9.47 Å². The van der Waals surface area contributed by atoms with Crippen LogP contribution in [0.3, 0.4) is 0 Å². The van der Waals surface area contributed by atoms with E-state index in [1.165, 1.54) is 11.3 Å². The first kappa shape index (κ1) is 16.6. The topological polar surface area (TPSA) is 68.7 Å². The Balaban J connectivity index is 1.77. The van der Waals surface area contributed by atoms with Crippen molar-refractivity contribution in [3.05, 3.63) is 52.9 Å². The number of thiazole rings is 1. The molecule has 6 heteroatoms. The number of aromatic nitrogens is 1. The minimum Gasteiger partial charge on any atom is -0.486 e. The zero-order chi connectivity index (χ0) is 18.1. The molecule has 5 nitrogen and oxygen atoms in total. The third kappa shape index (κ3) is 3.28. The summed E-state index contributed by atoms with van der Waals surface area (Å²) in [5.74, 6) is 0.553. The monoisotopic (exact) mass is 367 g/mol. The Morgan fingerprint density at radius 3 is 2.50 bits per heavy atom. The van der Waals surface area contributed by atoms with E-state index in [1.807, 2.05) is 49.4 Å². The number of rotatable bonds is 4. The van der Waals surface area contributed by atoms with Crippen molar-refractivity contribution < 1.29 is 19.4 Å². The smallest absolute Gasteiger partial charge is 0.308 e. The Morgan fingerprint density at radius 1 is 1.08 bits per heavy atom. The van der Waals surface area contributed by atoms with Crippen molar-refractivity contribution >= 4 is 17.3 Å². The van der Waals surface area contributed by atoms with Crippen LogP contribution in [0, 0.1) is 6.92 Å². The van der Waals surface area contributed by atoms with Crippen molar-refractivity contribution in [1.29, 1.82) is 0 Å². The summed E-state index contributed by atoms with van der Waals surface area (Å²) in [6, 6.07) is 13.7. The van der Waals surface area contributed by atoms with E-state index in [2.05, 4.69) is 0 Å². The molecule has 0 amide bonds. The van der Waals surface area contributed by atoms with Crippen LogP contribution in [0.2, 0.25) is 0 Å². The first-order valence-electron chi connectivity index (χ1n) is 8.29. The maximum Gasteiger partial charge on any atom is 0.308 e. The van der Waals surface area contributed by atoms with E-state index < -0.39 is 5.97 Å². The van der Waals surface area contributed by atoms with E-state index in [0.29, 0.717) is 19.0 Å². The number of aliphatic carboxylic acids is 1. The van der Waals surface area contributed by atoms with Gasteiger partial charge in [0.25, 0.3) is 0 Å². The van der Waals surface area contributed by atoms with Crippen LogP contribution in [0.25, 0.3) is 21.8 Å². The number of hydrogen-bond donors (Lipinski definition) is 1. The van der Waals surface area contributed by atoms with Crippen molar-refractivity contribution in [1.82, 2.24) is 4.98 Å². The van der Waals surface area contributed by atoms with Crippen LogP contribution in [0.5, 0.6) is 11.5 Å². The summed E-state index contributed by atoms with van der Waals surface area (Å²) < 4.78 is 11.2. The van der Waals surface area contributed by atoms with Gasteiger partial charge in [-0.15, -0.1) is 11.3 Å². The largest absolute Gasteiger partial charge is 0.486 e. The first-order chi connectivity index (χ1) is 12.6. The van der Waals surface area contributed by atoms with Gasteiger partial charge in [0.1, 0.15) is 18.2 Å². The summed E-state index contributed by atoms with van der Waals surface area (Å²) in [5.41, 5.74) is 3.69. The Kier molecular flexibility index (Phi) is 4.34. The Labute approximate surface area is 154 Å². The number of hydrogen-bond acceptors (Lipinski definition) is 5. The molecule has 0 radical (unpaired) electrons. The summed E-state index contributed by atoms with van der Waals surface area (Å²) in [6.07, 6.45) is -0.0502. The zero-order valence-electron chi connectivity index (χ0n) is 14.2. The van der Waals surface area contributed by atoms with Gasteiger partial charge < -0.3 is 14.6 Å². The summed E-state index contributed by atoms with van der Waals surface area (Å²) in [4.78, 5) is 16.8. The lowest BCUT2D eigenvalue weighted by Gasteiger charge is -2.18. The van der Waals surface area contributed by atoms with Gasteiger partial charge in [-0.25, -0.2) is 4.98 Å². The molecular formula is C20H17NO4S. The molecule has 2 aromatic carbocycles. The molecule has 1 aliphatic heterocycles. The van der Waals surface area contributed by atoms with Crippen LogP contribution in [0.15, 0.2) is 42.5 Å². The number of nitrogens with zero attached hydrogens (tertiary/aromatic N) is 1. The molecule has 1 N–H and O–H groups in total. The maximum absolute atomic E-state index is 11.3. The molecule has 1 aromatic heterocycles. The Bertz CT molecular complexity index is 962. The molecule has 2 heterocycles. The summed E-state index contributed by atoms with van der Waals surface area (Å²) in [6.45, 7) is 3.08. The predicted molar refractivity (Wildman–Crippen MR) is 100 cm³/mol. The highest BCUT2D eigenvalue weighted by Gasteiger charge is 2.19. The third-order valence-corrected chi connectivity index (χ3v) is 5.23. The van der Waals surface area contributed by atoms with Crippen molar-refractivity contribution in [3.8, 4) is 33.3 Å². The van der Waals surface area contributed by atoms with E-state index in [4.69, 9.17) is 14.5 Å². The van der Waals surface area contributed by atoms with Crippen LogP contribution >= 0.6 is 11.3 Å². The number of ether oxygens (including phenoxy) is 2. The number of fused-ring (bicyclic) bond motifs is 1. The van der Waals surface area contributed by atoms with Crippen LogP contribution in [0.4, 0.5) is 0 Å². The second-order valence-electron chi connectivity index (χ2n) is 6.09. The Hall–Kier alpha value is -2.86. The van der Waals surface area contributed by atoms with Crippen LogP contribution in [-0.4, -0.2) is 29.3 Å². The van der Waals surface area contributed by atoms with Crippen molar-refractivity contribution in [2.24, 2.45) is 0 Å². The minimum absolute atomic E-state index is 0.0502. The van der Waals surface area contributed by atoms with E-state index in [1.54, 1.807) is 0 Å². The van der Waals surface area contributed by atoms with E-state index in [-0.39, 0.29) is 6.42 Å². The Morgan fingerprint density at radius 2 is 1.77 bits per heavy atom. The maximum atomic E-state index is 11.3. The summed E-state index contributed by atoms with van der Waals surface area (Å²) >= 11 is 1.40. The highest BCUT2D eigenvalue weighted by molar-refractivity contribution is 7.15. The van der Waals surface area contributed by atoms with Gasteiger partial charge in [-0.05, 0) is 25.1 Å². The second-order valence-corrected chi connectivity index (χ2v) is 7.17. The second kappa shape index (κ2) is 6.80. The predicted octanol–water partition coefficient (Wildman–Crippen LogP) is 4.18. The molecule has 0 aliphatic carbocycles. The molecule has 0 unspecified atom stereocenters. The molecule has 1 aliphatic rings. The SMILES string of the molecule is Cc1ccc(-c2nc(-c3ccc4c(c3)OCCO4)sc2CC(=O)O)cc1. The third-order valence-electron chi connectivity index (χ3n) is 4.12. The van der Waals surface area contributed by atoms with Gasteiger partial charge in [-0.3, -0.25) is 4.79 Å². The molecule has 3 aromatic rings. The lowest BCUT2D eigenvalue weighted by Crippen LogP contribution is -2.15. The number of carboxylic acids is 1. The zero-order valence-corrected chi connectivity index (χ0v) is 15.0. The lowest BCUT2D eigenvalue weighted by molar-refractivity contribution is -0.136. The van der Waals surface area contributed by atoms with E-state index in [0.717, 1.165) is 38.0 Å². The van der Waals surface area contributed by atoms with Gasteiger partial charge in [0.2, 0.25) is 0 Å². The normalized spacial score (nSPS) is 12.8. The molecule has 132 valence electrons. The van der Waals surface area contributed by atoms with Gasteiger partial charge in [0.15, 0.2) is 11.5 Å². The van der Waals surface area contributed by atoms with Crippen molar-refractivity contribution in [2.75, 3.05) is 13.2 Å². The molecule has 4 rings (SSSR count). The van der Waals surface area contributed by atoms with E-state index in [9.17, 15) is 9.90 Å². The summed E-state index contributed by atoms with van der Waals surface area (Å²) in [5, 5.41) is 10.0. The standard InChI is InChI=1S/C20H17NO4S/c1-12-2-4-13(5-3-12)19-17(11-18(22)23)26-20(21-19)14-6-7-15-16(10-14)25-9-8-24-15/h2-7,10H,8-9,11H2,1H3,(H,22,23). The molecule has 0 atom stereocenters. The number of benzene rings is 2. The molecule has 0 saturated heterocycles. The van der Waals surface area contributed by atoms with Gasteiger partial charge in [0, 0.05) is 16.0 Å². The lowest BCUT2D eigenvalue weighted by atomic mass is 10.1. The van der Waals surface area contributed by atoms with Crippen molar-refractivity contribution in [2.45, 2.75) is 13.3 Å². The van der Waals surface area contributed by atoms with Crippen LogP contribution in [-0.2, 0) is 11.2 Å². The molecule has 0 saturated carbocycles. The first-order valence-corrected chi connectivity index (χ1v) is 9.10. The van der Waals surface area contributed by atoms with Crippen LogP contribution in [0.1, 0.15) is 10.4 Å². The molecular weight excluding hydrogens is 350 g/mol.